The van der Waals surface area contributed by atoms with E-state index in [0.717, 1.165) is 23.4 Å². The Morgan fingerprint density at radius 2 is 1.71 bits per heavy atom. The number of benzene rings is 3. The lowest BCUT2D eigenvalue weighted by molar-refractivity contribution is -0.140. The van der Waals surface area contributed by atoms with Gasteiger partial charge in [-0.25, -0.2) is 4.39 Å². The standard InChI is InChI=1S/C26H24Cl3FN2O2/c1-31(13-19-11-21(27)5-9-25(19)30)26(33)20-14-32(15-20)12-17-2-6-22(7-3-17)34-16-18-4-8-23(28)24(29)10-18/h2-11,20H,12-16H2,1H3. The van der Waals surface area contributed by atoms with E-state index in [9.17, 15) is 9.18 Å². The lowest BCUT2D eigenvalue weighted by atomic mass is 9.97. The van der Waals surface area contributed by atoms with Gasteiger partial charge >= 0.3 is 0 Å². The molecule has 0 atom stereocenters. The average molecular weight is 522 g/mol. The van der Waals surface area contributed by atoms with Crippen molar-refractivity contribution >= 4 is 40.7 Å². The molecule has 0 radical (unpaired) electrons. The molecule has 178 valence electrons. The van der Waals surface area contributed by atoms with Gasteiger partial charge < -0.3 is 9.64 Å². The van der Waals surface area contributed by atoms with Gasteiger partial charge in [0.05, 0.1) is 16.0 Å². The minimum Gasteiger partial charge on any atom is -0.489 e. The van der Waals surface area contributed by atoms with E-state index in [0.29, 0.717) is 40.3 Å². The maximum Gasteiger partial charge on any atom is 0.228 e. The van der Waals surface area contributed by atoms with E-state index in [1.54, 1.807) is 30.1 Å². The Morgan fingerprint density at radius 3 is 2.41 bits per heavy atom. The van der Waals surface area contributed by atoms with E-state index >= 15 is 0 Å². The number of likely N-dealkylation sites (tertiary alicyclic amines) is 1. The molecule has 0 aromatic heterocycles. The lowest BCUT2D eigenvalue weighted by Crippen LogP contribution is -2.53. The van der Waals surface area contributed by atoms with Gasteiger partial charge in [-0.1, -0.05) is 53.0 Å². The van der Waals surface area contributed by atoms with E-state index in [1.165, 1.54) is 12.1 Å². The second kappa shape index (κ2) is 11.0. The summed E-state index contributed by atoms with van der Waals surface area (Å²) in [4.78, 5) is 16.5. The molecule has 0 aliphatic carbocycles. The summed E-state index contributed by atoms with van der Waals surface area (Å²) in [6, 6.07) is 17.7. The molecule has 0 saturated carbocycles. The maximum atomic E-state index is 14.0. The fourth-order valence-corrected chi connectivity index (χ4v) is 4.43. The summed E-state index contributed by atoms with van der Waals surface area (Å²) >= 11 is 17.9. The molecule has 0 bridgehead atoms. The monoisotopic (exact) mass is 520 g/mol. The first-order chi connectivity index (χ1) is 16.3. The van der Waals surface area contributed by atoms with E-state index in [1.807, 2.05) is 30.3 Å². The summed E-state index contributed by atoms with van der Waals surface area (Å²) in [5.41, 5.74) is 2.50. The van der Waals surface area contributed by atoms with Gasteiger partial charge in [-0.15, -0.1) is 0 Å². The fraction of sp³-hybridized carbons (Fsp3) is 0.269. The molecule has 0 unspecified atom stereocenters. The molecule has 4 nitrogen and oxygen atoms in total. The van der Waals surface area contributed by atoms with Crippen LogP contribution in [0, 0.1) is 11.7 Å². The topological polar surface area (TPSA) is 32.8 Å². The summed E-state index contributed by atoms with van der Waals surface area (Å²) in [6.07, 6.45) is 0. The predicted octanol–water partition coefficient (Wildman–Crippen LogP) is 6.46. The molecule has 1 heterocycles. The second-order valence-electron chi connectivity index (χ2n) is 8.50. The molecule has 1 aliphatic rings. The van der Waals surface area contributed by atoms with Crippen molar-refractivity contribution in [1.82, 2.24) is 9.80 Å². The quantitative estimate of drug-likeness (QED) is 0.341. The van der Waals surface area contributed by atoms with Crippen LogP contribution in [-0.4, -0.2) is 35.8 Å². The van der Waals surface area contributed by atoms with Crippen molar-refractivity contribution in [2.45, 2.75) is 19.7 Å². The van der Waals surface area contributed by atoms with Crippen molar-refractivity contribution in [2.24, 2.45) is 5.92 Å². The van der Waals surface area contributed by atoms with Crippen LogP contribution in [0.15, 0.2) is 60.7 Å². The highest BCUT2D eigenvalue weighted by Crippen LogP contribution is 2.25. The molecular formula is C26H24Cl3FN2O2. The van der Waals surface area contributed by atoms with Crippen LogP contribution in [0.25, 0.3) is 0 Å². The normalized spacial score (nSPS) is 14.0. The van der Waals surface area contributed by atoms with Crippen molar-refractivity contribution in [3.63, 3.8) is 0 Å². The smallest absolute Gasteiger partial charge is 0.228 e. The largest absolute Gasteiger partial charge is 0.489 e. The second-order valence-corrected chi connectivity index (χ2v) is 9.75. The number of rotatable bonds is 8. The lowest BCUT2D eigenvalue weighted by Gasteiger charge is -2.40. The molecule has 1 aliphatic heterocycles. The SMILES string of the molecule is CN(Cc1cc(Cl)ccc1F)C(=O)C1CN(Cc2ccc(OCc3ccc(Cl)c(Cl)c3)cc2)C1. The predicted molar refractivity (Wildman–Crippen MR) is 134 cm³/mol. The highest BCUT2D eigenvalue weighted by Gasteiger charge is 2.34. The first kappa shape index (κ1) is 24.8. The van der Waals surface area contributed by atoms with E-state index in [-0.39, 0.29) is 24.2 Å². The Hall–Kier alpha value is -2.31. The van der Waals surface area contributed by atoms with Crippen LogP contribution in [0.5, 0.6) is 5.75 Å². The van der Waals surface area contributed by atoms with Crippen molar-refractivity contribution in [2.75, 3.05) is 20.1 Å². The van der Waals surface area contributed by atoms with Gasteiger partial charge in [0.1, 0.15) is 18.2 Å². The van der Waals surface area contributed by atoms with Crippen molar-refractivity contribution in [3.8, 4) is 5.75 Å². The molecule has 0 N–H and O–H groups in total. The highest BCUT2D eigenvalue weighted by molar-refractivity contribution is 6.42. The van der Waals surface area contributed by atoms with Gasteiger partial charge in [-0.2, -0.15) is 0 Å². The van der Waals surface area contributed by atoms with Crippen molar-refractivity contribution in [1.29, 1.82) is 0 Å². The van der Waals surface area contributed by atoms with Gasteiger partial charge in [0.15, 0.2) is 0 Å². The van der Waals surface area contributed by atoms with Crippen molar-refractivity contribution < 1.29 is 13.9 Å². The van der Waals surface area contributed by atoms with Crippen LogP contribution in [0.2, 0.25) is 15.1 Å². The van der Waals surface area contributed by atoms with Gasteiger partial charge in [0.25, 0.3) is 0 Å². The number of amides is 1. The summed E-state index contributed by atoms with van der Waals surface area (Å²) in [5, 5.41) is 1.48. The van der Waals surface area contributed by atoms with Crippen LogP contribution >= 0.6 is 34.8 Å². The van der Waals surface area contributed by atoms with Crippen LogP contribution in [0.4, 0.5) is 4.39 Å². The van der Waals surface area contributed by atoms with Gasteiger partial charge in [0, 0.05) is 43.8 Å². The zero-order valence-electron chi connectivity index (χ0n) is 18.6. The van der Waals surface area contributed by atoms with Crippen LogP contribution in [0.1, 0.15) is 16.7 Å². The van der Waals surface area contributed by atoms with E-state index in [4.69, 9.17) is 39.5 Å². The van der Waals surface area contributed by atoms with Crippen LogP contribution in [0.3, 0.4) is 0 Å². The first-order valence-electron chi connectivity index (χ1n) is 10.9. The fourth-order valence-electron chi connectivity index (χ4n) is 3.91. The maximum absolute atomic E-state index is 14.0. The van der Waals surface area contributed by atoms with Gasteiger partial charge in [-0.05, 0) is 53.6 Å². The molecule has 3 aromatic rings. The number of hydrogen-bond donors (Lipinski definition) is 0. The summed E-state index contributed by atoms with van der Waals surface area (Å²) < 4.78 is 19.8. The first-order valence-corrected chi connectivity index (χ1v) is 12.0. The number of carbonyl (C=O) groups excluding carboxylic acids is 1. The van der Waals surface area contributed by atoms with Crippen LogP contribution < -0.4 is 4.74 Å². The summed E-state index contributed by atoms with van der Waals surface area (Å²) in [6.45, 7) is 2.71. The average Bonchev–Trinajstić information content (AvgIpc) is 2.79. The molecule has 4 rings (SSSR count). The van der Waals surface area contributed by atoms with Gasteiger partial charge in [-0.3, -0.25) is 9.69 Å². The molecule has 1 amide bonds. The number of halogens is 4. The van der Waals surface area contributed by atoms with Crippen molar-refractivity contribution in [3.05, 3.63) is 98.2 Å². The van der Waals surface area contributed by atoms with Crippen LogP contribution in [-0.2, 0) is 24.5 Å². The third-order valence-corrected chi connectivity index (χ3v) is 6.79. The molecule has 1 saturated heterocycles. The van der Waals surface area contributed by atoms with E-state index < -0.39 is 0 Å². The third-order valence-electron chi connectivity index (χ3n) is 5.82. The minimum atomic E-state index is -0.358. The third kappa shape index (κ3) is 6.22. The molecular weight excluding hydrogens is 498 g/mol. The number of carbonyl (C=O) groups is 1. The molecule has 0 spiro atoms. The Labute approximate surface area is 213 Å². The Bertz CT molecular complexity index is 1170. The highest BCUT2D eigenvalue weighted by atomic mass is 35.5. The Kier molecular flexibility index (Phi) is 7.99. The summed E-state index contributed by atoms with van der Waals surface area (Å²) in [5.74, 6) is 0.341. The molecule has 1 fully saturated rings. The molecule has 8 heteroatoms. The zero-order chi connectivity index (χ0) is 24.2. The minimum absolute atomic E-state index is 0.0154. The summed E-state index contributed by atoms with van der Waals surface area (Å²) in [7, 11) is 1.70. The van der Waals surface area contributed by atoms with Gasteiger partial charge in [0.2, 0.25) is 5.91 Å². The Balaban J connectivity index is 1.22. The molecule has 34 heavy (non-hydrogen) atoms. The van der Waals surface area contributed by atoms with E-state index in [2.05, 4.69) is 4.90 Å². The molecule has 3 aromatic carbocycles. The number of hydrogen-bond acceptors (Lipinski definition) is 3. The zero-order valence-corrected chi connectivity index (χ0v) is 20.9. The Morgan fingerprint density at radius 1 is 1.00 bits per heavy atom. The number of ether oxygens (including phenoxy) is 1. The number of nitrogens with zero attached hydrogens (tertiary/aromatic N) is 2.